The molecule has 0 atom stereocenters. The molecule has 0 fully saturated rings. The zero-order valence-electron chi connectivity index (χ0n) is 11.4. The fraction of sp³-hybridized carbons (Fsp3) is 0.133. The van der Waals surface area contributed by atoms with Crippen molar-refractivity contribution in [1.29, 1.82) is 0 Å². The fourth-order valence-electron chi connectivity index (χ4n) is 2.14. The van der Waals surface area contributed by atoms with Gasteiger partial charge in [-0.05, 0) is 41.4 Å². The zero-order valence-corrected chi connectivity index (χ0v) is 12.2. The Labute approximate surface area is 131 Å². The third-order valence-corrected chi connectivity index (χ3v) is 4.02. The minimum absolute atomic E-state index is 0.221. The van der Waals surface area contributed by atoms with Crippen LogP contribution in [-0.4, -0.2) is 4.37 Å². The average Bonchev–Trinajstić information content (AvgIpc) is 2.85. The molecule has 0 aliphatic rings. The minimum Gasteiger partial charge on any atom is -0.365 e. The fourth-order valence-corrected chi connectivity index (χ4v) is 2.91. The van der Waals surface area contributed by atoms with Gasteiger partial charge in [-0.25, -0.2) is 8.78 Å². The molecule has 2 nitrogen and oxygen atoms in total. The number of nitrogens with one attached hydrogen (secondary N) is 1. The second-order valence-electron chi connectivity index (χ2n) is 4.84. The molecule has 0 radical (unpaired) electrons. The highest BCUT2D eigenvalue weighted by Crippen LogP contribution is 2.37. The van der Waals surface area contributed by atoms with Gasteiger partial charge in [0.15, 0.2) is 0 Å². The highest BCUT2D eigenvalue weighted by molar-refractivity contribution is 7.13. The molecule has 0 amide bonds. The quantitative estimate of drug-likeness (QED) is 0.660. The Morgan fingerprint density at radius 3 is 2.57 bits per heavy atom. The number of fused-ring (bicyclic) bond motifs is 1. The van der Waals surface area contributed by atoms with Crippen LogP contribution in [0.5, 0.6) is 0 Å². The Balaban J connectivity index is 1.89. The second kappa shape index (κ2) is 5.77. The van der Waals surface area contributed by atoms with E-state index in [0.717, 1.165) is 23.7 Å². The summed E-state index contributed by atoms with van der Waals surface area (Å²) in [4.78, 5) is 0. The lowest BCUT2D eigenvalue weighted by atomic mass is 10.1. The summed E-state index contributed by atoms with van der Waals surface area (Å²) < 4.78 is 69.0. The lowest BCUT2D eigenvalue weighted by Crippen LogP contribution is -2.07. The molecule has 0 aliphatic carbocycles. The van der Waals surface area contributed by atoms with Gasteiger partial charge in [0.2, 0.25) is 0 Å². The van der Waals surface area contributed by atoms with Crippen LogP contribution in [0.1, 0.15) is 11.1 Å². The summed E-state index contributed by atoms with van der Waals surface area (Å²) in [5.74, 6) is -1.48. The number of aromatic nitrogens is 1. The van der Waals surface area contributed by atoms with Crippen molar-refractivity contribution >= 4 is 27.4 Å². The van der Waals surface area contributed by atoms with Gasteiger partial charge in [-0.1, -0.05) is 12.1 Å². The number of nitrogens with zero attached hydrogens (tertiary/aromatic N) is 1. The third-order valence-electron chi connectivity index (χ3n) is 3.21. The van der Waals surface area contributed by atoms with E-state index in [1.807, 2.05) is 0 Å². The van der Waals surface area contributed by atoms with Crippen molar-refractivity contribution in [3.63, 3.8) is 0 Å². The molecule has 3 aromatic rings. The summed E-state index contributed by atoms with van der Waals surface area (Å²) in [6.07, 6.45) is -4.75. The zero-order chi connectivity index (χ0) is 16.6. The highest BCUT2D eigenvalue weighted by atomic mass is 32.1. The first-order chi connectivity index (χ1) is 10.8. The monoisotopic (exact) mass is 344 g/mol. The Morgan fingerprint density at radius 1 is 1.09 bits per heavy atom. The van der Waals surface area contributed by atoms with Crippen molar-refractivity contribution in [2.24, 2.45) is 0 Å². The number of halogens is 5. The maximum absolute atomic E-state index is 13.7. The molecule has 8 heteroatoms. The van der Waals surface area contributed by atoms with Crippen molar-refractivity contribution in [3.05, 3.63) is 59.2 Å². The van der Waals surface area contributed by atoms with Crippen LogP contribution in [0.15, 0.2) is 36.4 Å². The van der Waals surface area contributed by atoms with E-state index in [-0.39, 0.29) is 22.4 Å². The molecule has 0 bridgehead atoms. The molecule has 1 heterocycles. The average molecular weight is 344 g/mol. The van der Waals surface area contributed by atoms with Crippen LogP contribution in [0, 0.1) is 11.6 Å². The van der Waals surface area contributed by atoms with E-state index in [0.29, 0.717) is 5.56 Å². The molecule has 0 spiro atoms. The first-order valence-corrected chi connectivity index (χ1v) is 7.26. The van der Waals surface area contributed by atoms with Crippen molar-refractivity contribution in [2.45, 2.75) is 12.7 Å². The molecule has 3 rings (SSSR count). The first kappa shape index (κ1) is 15.7. The van der Waals surface area contributed by atoms with E-state index in [9.17, 15) is 22.0 Å². The number of anilines is 1. The Morgan fingerprint density at radius 2 is 1.87 bits per heavy atom. The van der Waals surface area contributed by atoms with Crippen LogP contribution in [-0.2, 0) is 12.7 Å². The third kappa shape index (κ3) is 3.26. The summed E-state index contributed by atoms with van der Waals surface area (Å²) >= 11 is 0.838. The Hall–Kier alpha value is -2.22. The van der Waals surface area contributed by atoms with Gasteiger partial charge >= 0.3 is 6.18 Å². The largest absolute Gasteiger partial charge is 0.419 e. The maximum Gasteiger partial charge on any atom is 0.419 e. The Bertz CT molecular complexity index is 857. The molecule has 120 valence electrons. The van der Waals surface area contributed by atoms with E-state index in [1.165, 1.54) is 12.1 Å². The molecule has 1 N–H and O–H groups in total. The summed E-state index contributed by atoms with van der Waals surface area (Å²) in [6.45, 7) is 0.221. The standard InChI is InChI=1S/C15H9F5N2S/c16-9-3-1-2-8(4-9)7-21-14-10-5-12(17)11(15(18,19)20)6-13(10)23-22-14/h1-6H,7H2,(H,21,22). The van der Waals surface area contributed by atoms with E-state index < -0.39 is 23.4 Å². The van der Waals surface area contributed by atoms with Crippen LogP contribution in [0.25, 0.3) is 10.1 Å². The Kier molecular flexibility index (Phi) is 3.93. The van der Waals surface area contributed by atoms with Gasteiger partial charge in [0, 0.05) is 11.9 Å². The van der Waals surface area contributed by atoms with Crippen molar-refractivity contribution < 1.29 is 22.0 Å². The van der Waals surface area contributed by atoms with Crippen molar-refractivity contribution in [1.82, 2.24) is 4.37 Å². The lowest BCUT2D eigenvalue weighted by Gasteiger charge is -2.08. The van der Waals surface area contributed by atoms with Crippen LogP contribution in [0.4, 0.5) is 27.8 Å². The molecular formula is C15H9F5N2S. The van der Waals surface area contributed by atoms with E-state index in [2.05, 4.69) is 9.69 Å². The summed E-state index contributed by atoms with van der Waals surface area (Å²) in [7, 11) is 0. The summed E-state index contributed by atoms with van der Waals surface area (Å²) in [5, 5.41) is 3.14. The molecule has 2 aromatic carbocycles. The molecule has 23 heavy (non-hydrogen) atoms. The van der Waals surface area contributed by atoms with Gasteiger partial charge in [-0.3, -0.25) is 0 Å². The normalized spacial score (nSPS) is 11.9. The molecule has 0 aliphatic heterocycles. The smallest absolute Gasteiger partial charge is 0.365 e. The predicted molar refractivity (Wildman–Crippen MR) is 78.3 cm³/mol. The predicted octanol–water partition coefficient (Wildman–Crippen LogP) is 5.21. The topological polar surface area (TPSA) is 24.9 Å². The number of hydrogen-bond acceptors (Lipinski definition) is 3. The van der Waals surface area contributed by atoms with E-state index >= 15 is 0 Å². The van der Waals surface area contributed by atoms with E-state index in [1.54, 1.807) is 12.1 Å². The van der Waals surface area contributed by atoms with Crippen LogP contribution >= 0.6 is 11.5 Å². The molecule has 0 unspecified atom stereocenters. The summed E-state index contributed by atoms with van der Waals surface area (Å²) in [5.41, 5.74) is -0.677. The van der Waals surface area contributed by atoms with Gasteiger partial charge in [0.1, 0.15) is 17.5 Å². The van der Waals surface area contributed by atoms with Gasteiger partial charge in [-0.2, -0.15) is 17.5 Å². The molecule has 0 saturated carbocycles. The van der Waals surface area contributed by atoms with Gasteiger partial charge in [0.25, 0.3) is 0 Å². The van der Waals surface area contributed by atoms with Crippen molar-refractivity contribution in [2.75, 3.05) is 5.32 Å². The summed E-state index contributed by atoms with van der Waals surface area (Å²) in [6, 6.07) is 7.42. The highest BCUT2D eigenvalue weighted by Gasteiger charge is 2.34. The first-order valence-electron chi connectivity index (χ1n) is 6.49. The number of hydrogen-bond donors (Lipinski definition) is 1. The molecule has 0 saturated heterocycles. The van der Waals surface area contributed by atoms with Crippen LogP contribution < -0.4 is 5.32 Å². The van der Waals surface area contributed by atoms with Crippen molar-refractivity contribution in [3.8, 4) is 0 Å². The second-order valence-corrected chi connectivity index (χ2v) is 5.65. The maximum atomic E-state index is 13.7. The molecular weight excluding hydrogens is 335 g/mol. The van der Waals surface area contributed by atoms with Crippen LogP contribution in [0.3, 0.4) is 0 Å². The van der Waals surface area contributed by atoms with Gasteiger partial charge in [-0.15, -0.1) is 0 Å². The van der Waals surface area contributed by atoms with Crippen LogP contribution in [0.2, 0.25) is 0 Å². The SMILES string of the molecule is Fc1cccc(CNc2nsc3cc(C(F)(F)F)c(F)cc23)c1. The number of alkyl halides is 3. The minimum atomic E-state index is -4.75. The van der Waals surface area contributed by atoms with E-state index in [4.69, 9.17) is 0 Å². The lowest BCUT2D eigenvalue weighted by molar-refractivity contribution is -0.139. The molecule has 1 aromatic heterocycles. The van der Waals surface area contributed by atoms with Gasteiger partial charge in [0.05, 0.1) is 10.3 Å². The number of rotatable bonds is 3. The number of benzene rings is 2. The van der Waals surface area contributed by atoms with Gasteiger partial charge < -0.3 is 5.32 Å².